The molecule has 1 fully saturated rings. The lowest BCUT2D eigenvalue weighted by atomic mass is 9.96. The van der Waals surface area contributed by atoms with Gasteiger partial charge in [0, 0.05) is 6.08 Å². The van der Waals surface area contributed by atoms with Crippen LogP contribution in [0.5, 0.6) is 0 Å². The minimum atomic E-state index is -1.16. The summed E-state index contributed by atoms with van der Waals surface area (Å²) < 4.78 is 0. The average molecular weight is 287 g/mol. The molecule has 1 amide bonds. The van der Waals surface area contributed by atoms with Crippen LogP contribution in [0, 0.1) is 19.8 Å². The molecule has 21 heavy (non-hydrogen) atoms. The Morgan fingerprint density at radius 2 is 2.00 bits per heavy atom. The summed E-state index contributed by atoms with van der Waals surface area (Å²) in [4.78, 5) is 23.4. The molecule has 112 valence electrons. The van der Waals surface area contributed by atoms with Gasteiger partial charge < -0.3 is 10.4 Å². The van der Waals surface area contributed by atoms with Crippen LogP contribution >= 0.6 is 0 Å². The molecule has 0 aliphatic heterocycles. The third-order valence-electron chi connectivity index (χ3n) is 4.06. The lowest BCUT2D eigenvalue weighted by molar-refractivity contribution is -0.147. The van der Waals surface area contributed by atoms with Gasteiger partial charge in [0.05, 0.1) is 0 Å². The van der Waals surface area contributed by atoms with Crippen molar-refractivity contribution >= 4 is 18.0 Å². The van der Waals surface area contributed by atoms with Crippen LogP contribution in [0.1, 0.15) is 36.5 Å². The second-order valence-electron chi connectivity index (χ2n) is 5.96. The highest BCUT2D eigenvalue weighted by molar-refractivity contribution is 5.96. The Kier molecular flexibility index (Phi) is 4.16. The van der Waals surface area contributed by atoms with Crippen molar-refractivity contribution in [3.63, 3.8) is 0 Å². The van der Waals surface area contributed by atoms with E-state index in [4.69, 9.17) is 0 Å². The highest BCUT2D eigenvalue weighted by Gasteiger charge is 2.48. The van der Waals surface area contributed by atoms with Crippen LogP contribution in [0.2, 0.25) is 0 Å². The normalized spacial score (nSPS) is 17.5. The smallest absolute Gasteiger partial charge is 0.329 e. The van der Waals surface area contributed by atoms with Gasteiger partial charge in [-0.25, -0.2) is 4.79 Å². The van der Waals surface area contributed by atoms with E-state index in [0.29, 0.717) is 0 Å². The SMILES string of the molecule is Cc1ccc(/C=C/C(=O)NC(C)(C(=O)O)C2CC2)c(C)c1. The monoisotopic (exact) mass is 287 g/mol. The van der Waals surface area contributed by atoms with Gasteiger partial charge >= 0.3 is 5.97 Å². The summed E-state index contributed by atoms with van der Waals surface area (Å²) in [6.07, 6.45) is 4.83. The molecule has 0 radical (unpaired) electrons. The number of rotatable bonds is 5. The maximum Gasteiger partial charge on any atom is 0.329 e. The van der Waals surface area contributed by atoms with Crippen molar-refractivity contribution in [1.82, 2.24) is 5.32 Å². The summed E-state index contributed by atoms with van der Waals surface area (Å²) >= 11 is 0. The van der Waals surface area contributed by atoms with Crippen molar-refractivity contribution < 1.29 is 14.7 Å². The van der Waals surface area contributed by atoms with E-state index in [9.17, 15) is 14.7 Å². The van der Waals surface area contributed by atoms with Crippen LogP contribution in [0.3, 0.4) is 0 Å². The van der Waals surface area contributed by atoms with Gasteiger partial charge in [-0.3, -0.25) is 4.79 Å². The fraction of sp³-hybridized carbons (Fsp3) is 0.412. The van der Waals surface area contributed by atoms with Crippen molar-refractivity contribution in [1.29, 1.82) is 0 Å². The number of hydrogen-bond donors (Lipinski definition) is 2. The zero-order chi connectivity index (χ0) is 15.6. The van der Waals surface area contributed by atoms with Gasteiger partial charge in [-0.15, -0.1) is 0 Å². The van der Waals surface area contributed by atoms with Gasteiger partial charge in [-0.2, -0.15) is 0 Å². The van der Waals surface area contributed by atoms with Crippen LogP contribution in [-0.4, -0.2) is 22.5 Å². The van der Waals surface area contributed by atoms with Gasteiger partial charge in [0.2, 0.25) is 5.91 Å². The number of aliphatic carboxylic acids is 1. The number of aryl methyl sites for hydroxylation is 2. The van der Waals surface area contributed by atoms with E-state index in [1.165, 1.54) is 11.6 Å². The first-order chi connectivity index (χ1) is 9.83. The van der Waals surface area contributed by atoms with E-state index in [0.717, 1.165) is 24.0 Å². The molecule has 0 saturated heterocycles. The van der Waals surface area contributed by atoms with Crippen molar-refractivity contribution in [2.24, 2.45) is 5.92 Å². The molecule has 0 heterocycles. The van der Waals surface area contributed by atoms with Crippen molar-refractivity contribution in [2.45, 2.75) is 39.2 Å². The predicted molar refractivity (Wildman–Crippen MR) is 81.9 cm³/mol. The number of carbonyl (C=O) groups is 2. The number of nitrogens with one attached hydrogen (secondary N) is 1. The first-order valence-electron chi connectivity index (χ1n) is 7.14. The Balaban J connectivity index is 2.07. The molecule has 4 heteroatoms. The molecule has 0 aromatic heterocycles. The molecule has 1 aromatic rings. The minimum Gasteiger partial charge on any atom is -0.480 e. The molecule has 1 aromatic carbocycles. The average Bonchev–Trinajstić information content (AvgIpc) is 3.21. The van der Waals surface area contributed by atoms with Crippen molar-refractivity contribution in [2.75, 3.05) is 0 Å². The van der Waals surface area contributed by atoms with E-state index in [1.54, 1.807) is 13.0 Å². The summed E-state index contributed by atoms with van der Waals surface area (Å²) in [7, 11) is 0. The van der Waals surface area contributed by atoms with Crippen LogP contribution in [0.4, 0.5) is 0 Å². The molecule has 1 atom stereocenters. The summed E-state index contributed by atoms with van der Waals surface area (Å²) in [6, 6.07) is 5.98. The lowest BCUT2D eigenvalue weighted by Gasteiger charge is -2.25. The molecule has 0 bridgehead atoms. The standard InChI is InChI=1S/C17H21NO3/c1-11-4-5-13(12(2)10-11)6-9-15(19)18-17(3,16(20)21)14-7-8-14/h4-6,9-10,14H,7-8H2,1-3H3,(H,18,19)(H,20,21)/b9-6+. The lowest BCUT2D eigenvalue weighted by Crippen LogP contribution is -2.53. The summed E-state index contributed by atoms with van der Waals surface area (Å²) in [5.41, 5.74) is 2.05. The Labute approximate surface area is 124 Å². The second-order valence-corrected chi connectivity index (χ2v) is 5.96. The molecule has 4 nitrogen and oxygen atoms in total. The first kappa shape index (κ1) is 15.3. The topological polar surface area (TPSA) is 66.4 Å². The third-order valence-corrected chi connectivity index (χ3v) is 4.06. The van der Waals surface area contributed by atoms with E-state index in [-0.39, 0.29) is 11.8 Å². The number of benzene rings is 1. The van der Waals surface area contributed by atoms with E-state index < -0.39 is 11.5 Å². The fourth-order valence-electron chi connectivity index (χ4n) is 2.47. The number of hydrogen-bond acceptors (Lipinski definition) is 2. The van der Waals surface area contributed by atoms with Gasteiger partial charge in [-0.05, 0) is 56.7 Å². The molecule has 2 N–H and O–H groups in total. The highest BCUT2D eigenvalue weighted by Crippen LogP contribution is 2.39. The first-order valence-corrected chi connectivity index (χ1v) is 7.14. The Bertz CT molecular complexity index is 602. The zero-order valence-corrected chi connectivity index (χ0v) is 12.6. The maximum absolute atomic E-state index is 12.0. The summed E-state index contributed by atoms with van der Waals surface area (Å²) in [5, 5.41) is 11.9. The highest BCUT2D eigenvalue weighted by atomic mass is 16.4. The molecule has 1 saturated carbocycles. The Morgan fingerprint density at radius 1 is 1.33 bits per heavy atom. The van der Waals surface area contributed by atoms with E-state index >= 15 is 0 Å². The summed E-state index contributed by atoms with van der Waals surface area (Å²) in [5.74, 6) is -1.31. The van der Waals surface area contributed by atoms with Gasteiger partial charge in [0.25, 0.3) is 0 Å². The van der Waals surface area contributed by atoms with Crippen molar-refractivity contribution in [3.05, 3.63) is 41.0 Å². The number of carbonyl (C=O) groups excluding carboxylic acids is 1. The maximum atomic E-state index is 12.0. The van der Waals surface area contributed by atoms with Gasteiger partial charge in [0.15, 0.2) is 0 Å². The van der Waals surface area contributed by atoms with Crippen LogP contribution < -0.4 is 5.32 Å². The minimum absolute atomic E-state index is 0.0356. The fourth-order valence-corrected chi connectivity index (χ4v) is 2.47. The predicted octanol–water partition coefficient (Wildman–Crippen LogP) is 2.69. The molecule has 1 aliphatic rings. The summed E-state index contributed by atoms with van der Waals surface area (Å²) in [6.45, 7) is 5.58. The van der Waals surface area contributed by atoms with Crippen LogP contribution in [0.15, 0.2) is 24.3 Å². The molecule has 2 rings (SSSR count). The molecule has 0 spiro atoms. The van der Waals surface area contributed by atoms with Crippen LogP contribution in [0.25, 0.3) is 6.08 Å². The zero-order valence-electron chi connectivity index (χ0n) is 12.6. The van der Waals surface area contributed by atoms with Gasteiger partial charge in [0.1, 0.15) is 5.54 Å². The second kappa shape index (κ2) is 5.72. The van der Waals surface area contributed by atoms with Gasteiger partial charge in [-0.1, -0.05) is 23.8 Å². The van der Waals surface area contributed by atoms with Crippen molar-refractivity contribution in [3.8, 4) is 0 Å². The van der Waals surface area contributed by atoms with E-state index in [2.05, 4.69) is 5.32 Å². The van der Waals surface area contributed by atoms with E-state index in [1.807, 2.05) is 32.0 Å². The number of carboxylic acids is 1. The quantitative estimate of drug-likeness (QED) is 0.818. The largest absolute Gasteiger partial charge is 0.480 e. The molecular formula is C17H21NO3. The molecular weight excluding hydrogens is 266 g/mol. The molecule has 1 unspecified atom stereocenters. The number of amides is 1. The number of carboxylic acid groups (broad SMARTS) is 1. The Hall–Kier alpha value is -2.10. The van der Waals surface area contributed by atoms with Crippen LogP contribution in [-0.2, 0) is 9.59 Å². The molecule has 1 aliphatic carbocycles. The third kappa shape index (κ3) is 3.51. The Morgan fingerprint density at radius 3 is 2.52 bits per heavy atom.